The van der Waals surface area contributed by atoms with Crippen LogP contribution in [0.1, 0.15) is 24.6 Å². The molecule has 78 valence electrons. The molecule has 0 aliphatic rings. The van der Waals surface area contributed by atoms with Gasteiger partial charge in [0.25, 0.3) is 0 Å². The van der Waals surface area contributed by atoms with Crippen LogP contribution in [-0.2, 0) is 17.6 Å². The fraction of sp³-hybridized carbons (Fsp3) is 0.556. The first-order valence-electron chi connectivity index (χ1n) is 4.51. The summed E-state index contributed by atoms with van der Waals surface area (Å²) < 4.78 is 5.02. The second kappa shape index (κ2) is 4.64. The summed E-state index contributed by atoms with van der Waals surface area (Å²) in [6.45, 7) is 1.98. The third-order valence-corrected chi connectivity index (χ3v) is 2.05. The van der Waals surface area contributed by atoms with Gasteiger partial charge in [0.15, 0.2) is 0 Å². The van der Waals surface area contributed by atoms with Crippen molar-refractivity contribution in [3.05, 3.63) is 11.3 Å². The molecule has 5 nitrogen and oxygen atoms in total. The summed E-state index contributed by atoms with van der Waals surface area (Å²) in [4.78, 5) is 10.4. The summed E-state index contributed by atoms with van der Waals surface area (Å²) in [6.07, 6.45) is 1.35. The zero-order chi connectivity index (χ0) is 10.6. The van der Waals surface area contributed by atoms with Crippen molar-refractivity contribution in [2.75, 3.05) is 7.11 Å². The van der Waals surface area contributed by atoms with Crippen LogP contribution >= 0.6 is 0 Å². The monoisotopic (exact) mass is 198 g/mol. The molecule has 1 aromatic rings. The Bertz CT molecular complexity index is 298. The van der Waals surface area contributed by atoms with Crippen molar-refractivity contribution in [3.63, 3.8) is 0 Å². The van der Waals surface area contributed by atoms with Gasteiger partial charge in [-0.1, -0.05) is 6.92 Å². The fourth-order valence-electron chi connectivity index (χ4n) is 1.33. The predicted molar refractivity (Wildman–Crippen MR) is 50.5 cm³/mol. The van der Waals surface area contributed by atoms with Crippen molar-refractivity contribution in [2.24, 2.45) is 0 Å². The average Bonchev–Trinajstić information content (AvgIpc) is 2.56. The third-order valence-electron chi connectivity index (χ3n) is 2.05. The van der Waals surface area contributed by atoms with Gasteiger partial charge in [-0.15, -0.1) is 5.10 Å². The summed E-state index contributed by atoms with van der Waals surface area (Å²) >= 11 is 0. The summed E-state index contributed by atoms with van der Waals surface area (Å²) in [6, 6.07) is 0. The topological polar surface area (TPSA) is 75.2 Å². The Kier molecular flexibility index (Phi) is 3.50. The van der Waals surface area contributed by atoms with Gasteiger partial charge in [-0.2, -0.15) is 0 Å². The summed E-state index contributed by atoms with van der Waals surface area (Å²) in [5.41, 5.74) is 1.82. The Labute approximate surface area is 82.1 Å². The van der Waals surface area contributed by atoms with Gasteiger partial charge >= 0.3 is 5.97 Å². The molecule has 0 saturated carbocycles. The molecule has 2 N–H and O–H groups in total. The van der Waals surface area contributed by atoms with E-state index in [1.165, 1.54) is 7.11 Å². The number of aliphatic carboxylic acids is 1. The maximum absolute atomic E-state index is 10.4. The normalized spacial score (nSPS) is 10.1. The molecule has 0 radical (unpaired) electrons. The number of nitrogens with one attached hydrogen (secondary N) is 1. The van der Waals surface area contributed by atoms with Crippen molar-refractivity contribution in [3.8, 4) is 5.88 Å². The van der Waals surface area contributed by atoms with Crippen LogP contribution in [0.2, 0.25) is 0 Å². The molecule has 0 fully saturated rings. The molecule has 5 heteroatoms. The maximum atomic E-state index is 10.4. The molecule has 0 unspecified atom stereocenters. The van der Waals surface area contributed by atoms with Gasteiger partial charge in [0, 0.05) is 17.7 Å². The fourth-order valence-corrected chi connectivity index (χ4v) is 1.33. The number of aromatic amines is 1. The zero-order valence-corrected chi connectivity index (χ0v) is 8.33. The molecular weight excluding hydrogens is 184 g/mol. The Morgan fingerprint density at radius 3 is 2.86 bits per heavy atom. The standard InChI is InChI=1S/C9H14N2O3/c1-3-7-6(4-5-8(12)13)9(14-2)11-10-7/h3-5H2,1-2H3,(H,10,11)(H,12,13). The number of carboxylic acid groups (broad SMARTS) is 1. The lowest BCUT2D eigenvalue weighted by Crippen LogP contribution is -2.00. The predicted octanol–water partition coefficient (Wildman–Crippen LogP) is 0.998. The van der Waals surface area contributed by atoms with Crippen LogP contribution in [-0.4, -0.2) is 28.4 Å². The first-order chi connectivity index (χ1) is 6.69. The van der Waals surface area contributed by atoms with E-state index in [4.69, 9.17) is 9.84 Å². The third kappa shape index (κ3) is 2.25. The molecule has 0 aliphatic heterocycles. The van der Waals surface area contributed by atoms with Gasteiger partial charge in [0.2, 0.25) is 5.88 Å². The lowest BCUT2D eigenvalue weighted by Gasteiger charge is -2.01. The maximum Gasteiger partial charge on any atom is 0.303 e. The largest absolute Gasteiger partial charge is 0.481 e. The SMILES string of the molecule is CCc1[nH]nc(OC)c1CCC(=O)O. The zero-order valence-electron chi connectivity index (χ0n) is 8.33. The highest BCUT2D eigenvalue weighted by Crippen LogP contribution is 2.20. The average molecular weight is 198 g/mol. The van der Waals surface area contributed by atoms with Crippen LogP contribution in [0, 0.1) is 0 Å². The number of aryl methyl sites for hydroxylation is 1. The van der Waals surface area contributed by atoms with Crippen LogP contribution in [0.3, 0.4) is 0 Å². The minimum absolute atomic E-state index is 0.100. The van der Waals surface area contributed by atoms with E-state index in [0.29, 0.717) is 12.3 Å². The highest BCUT2D eigenvalue weighted by atomic mass is 16.5. The summed E-state index contributed by atoms with van der Waals surface area (Å²) in [7, 11) is 1.53. The Morgan fingerprint density at radius 2 is 2.36 bits per heavy atom. The quantitative estimate of drug-likeness (QED) is 0.740. The Morgan fingerprint density at radius 1 is 1.64 bits per heavy atom. The van der Waals surface area contributed by atoms with Gasteiger partial charge in [-0.3, -0.25) is 9.89 Å². The van der Waals surface area contributed by atoms with Gasteiger partial charge in [-0.05, 0) is 12.8 Å². The number of rotatable bonds is 5. The van der Waals surface area contributed by atoms with E-state index in [0.717, 1.165) is 17.7 Å². The van der Waals surface area contributed by atoms with Gasteiger partial charge in [-0.25, -0.2) is 0 Å². The van der Waals surface area contributed by atoms with Crippen molar-refractivity contribution in [2.45, 2.75) is 26.2 Å². The first-order valence-corrected chi connectivity index (χ1v) is 4.51. The first kappa shape index (κ1) is 10.6. The molecule has 1 rings (SSSR count). The van der Waals surface area contributed by atoms with Gasteiger partial charge in [0.05, 0.1) is 7.11 Å². The van der Waals surface area contributed by atoms with Gasteiger partial charge < -0.3 is 9.84 Å². The number of nitrogens with zero attached hydrogens (tertiary/aromatic N) is 1. The lowest BCUT2D eigenvalue weighted by atomic mass is 10.1. The van der Waals surface area contributed by atoms with Gasteiger partial charge in [0.1, 0.15) is 0 Å². The van der Waals surface area contributed by atoms with Crippen LogP contribution in [0.15, 0.2) is 0 Å². The van der Waals surface area contributed by atoms with Crippen LogP contribution < -0.4 is 4.74 Å². The van der Waals surface area contributed by atoms with Crippen molar-refractivity contribution >= 4 is 5.97 Å². The number of aromatic nitrogens is 2. The number of ether oxygens (including phenoxy) is 1. The molecule has 1 aromatic heterocycles. The molecule has 0 aliphatic carbocycles. The van der Waals surface area contributed by atoms with Crippen LogP contribution in [0.5, 0.6) is 5.88 Å². The van der Waals surface area contributed by atoms with E-state index in [1.54, 1.807) is 0 Å². The van der Waals surface area contributed by atoms with E-state index in [2.05, 4.69) is 10.2 Å². The van der Waals surface area contributed by atoms with Crippen molar-refractivity contribution < 1.29 is 14.6 Å². The minimum atomic E-state index is -0.810. The molecule has 0 spiro atoms. The Hall–Kier alpha value is -1.52. The Balaban J connectivity index is 2.80. The molecule has 0 amide bonds. The number of methoxy groups -OCH3 is 1. The van der Waals surface area contributed by atoms with Crippen molar-refractivity contribution in [1.82, 2.24) is 10.2 Å². The number of hydrogen-bond donors (Lipinski definition) is 2. The van der Waals surface area contributed by atoms with Crippen molar-refractivity contribution in [1.29, 1.82) is 0 Å². The highest BCUT2D eigenvalue weighted by Gasteiger charge is 2.13. The molecule has 0 aromatic carbocycles. The smallest absolute Gasteiger partial charge is 0.303 e. The van der Waals surface area contributed by atoms with Crippen LogP contribution in [0.4, 0.5) is 0 Å². The number of carbonyl (C=O) groups is 1. The second-order valence-corrected chi connectivity index (χ2v) is 2.94. The summed E-state index contributed by atoms with van der Waals surface area (Å²) in [5, 5.41) is 15.3. The minimum Gasteiger partial charge on any atom is -0.481 e. The van der Waals surface area contributed by atoms with E-state index in [-0.39, 0.29) is 6.42 Å². The molecular formula is C9H14N2O3. The summed E-state index contributed by atoms with van der Waals surface area (Å²) in [5.74, 6) is -0.307. The molecule has 0 saturated heterocycles. The van der Waals surface area contributed by atoms with E-state index < -0.39 is 5.97 Å². The second-order valence-electron chi connectivity index (χ2n) is 2.94. The number of carboxylic acids is 1. The number of H-pyrrole nitrogens is 1. The molecule has 0 atom stereocenters. The van der Waals surface area contributed by atoms with E-state index >= 15 is 0 Å². The highest BCUT2D eigenvalue weighted by molar-refractivity contribution is 5.67. The van der Waals surface area contributed by atoms with Crippen LogP contribution in [0.25, 0.3) is 0 Å². The van der Waals surface area contributed by atoms with E-state index in [9.17, 15) is 4.79 Å². The number of hydrogen-bond acceptors (Lipinski definition) is 3. The lowest BCUT2D eigenvalue weighted by molar-refractivity contribution is -0.136. The molecule has 0 bridgehead atoms. The molecule has 1 heterocycles. The molecule has 14 heavy (non-hydrogen) atoms. The van der Waals surface area contributed by atoms with E-state index in [1.807, 2.05) is 6.92 Å².